The molecule has 44 heavy (non-hydrogen) atoms. The Kier molecular flexibility index (Phi) is 6.12. The molecule has 1 fully saturated rings. The molecule has 0 radical (unpaired) electrons. The first-order chi connectivity index (χ1) is 21.4. The van der Waals surface area contributed by atoms with Crippen LogP contribution in [0.15, 0.2) is 118 Å². The molecule has 4 aliphatic rings. The monoisotopic (exact) mass is 641 g/mol. The normalized spacial score (nSPS) is 28.5. The van der Waals surface area contributed by atoms with E-state index in [0.717, 1.165) is 38.0 Å². The largest absolute Gasteiger partial charge is 0.375 e. The standard InChI is InChI=1S/C36H28BrN5O2/c1-21-12-14-23(15-13-21)31-29(20-38)41-33(36(31)22(2)39-42(35(36)43)26-8-4-3-5-9-26)28-11-7-6-10-27(28)30-32(40-44-34(30)41)24-16-18-25(37)19-17-24/h3-19,29-31,33-34H,1-2H3/t29-,30-,31-,33-,34+,36-/m1/s1. The number of amides is 1. The molecular weight excluding hydrogens is 614 g/mol. The van der Waals surface area contributed by atoms with Crippen LogP contribution in [0, 0.1) is 23.7 Å². The maximum atomic E-state index is 15.1. The number of nitriles is 1. The van der Waals surface area contributed by atoms with Crippen LogP contribution in [0.4, 0.5) is 5.69 Å². The number of hydrogen-bond acceptors (Lipinski definition) is 6. The first kappa shape index (κ1) is 27.0. The third-order valence-corrected chi connectivity index (χ3v) is 10.2. The predicted molar refractivity (Wildman–Crippen MR) is 172 cm³/mol. The lowest BCUT2D eigenvalue weighted by Crippen LogP contribution is -2.52. The minimum atomic E-state index is -1.16. The Hall–Kier alpha value is -4.58. The topological polar surface area (TPSA) is 81.3 Å². The van der Waals surface area contributed by atoms with E-state index in [1.807, 2.05) is 92.7 Å². The van der Waals surface area contributed by atoms with Crippen molar-refractivity contribution in [1.82, 2.24) is 4.90 Å². The van der Waals surface area contributed by atoms with Crippen molar-refractivity contribution in [1.29, 1.82) is 5.26 Å². The van der Waals surface area contributed by atoms with E-state index in [2.05, 4.69) is 56.3 Å². The average molecular weight is 643 g/mol. The molecule has 7 nitrogen and oxygen atoms in total. The number of benzene rings is 4. The molecule has 0 aliphatic carbocycles. The lowest BCUT2D eigenvalue weighted by atomic mass is 9.63. The third kappa shape index (κ3) is 3.60. The maximum absolute atomic E-state index is 15.1. The second-order valence-electron chi connectivity index (χ2n) is 11.9. The molecule has 216 valence electrons. The van der Waals surface area contributed by atoms with E-state index in [-0.39, 0.29) is 11.8 Å². The van der Waals surface area contributed by atoms with Crippen molar-refractivity contribution in [2.24, 2.45) is 15.7 Å². The zero-order valence-corrected chi connectivity index (χ0v) is 25.7. The third-order valence-electron chi connectivity index (χ3n) is 9.72. The smallest absolute Gasteiger partial charge is 0.262 e. The first-order valence-corrected chi connectivity index (χ1v) is 15.5. The molecule has 0 saturated carbocycles. The summed E-state index contributed by atoms with van der Waals surface area (Å²) in [5.41, 5.74) is 6.08. The first-order valence-electron chi connectivity index (χ1n) is 14.7. The van der Waals surface area contributed by atoms with Gasteiger partial charge in [0.15, 0.2) is 6.23 Å². The van der Waals surface area contributed by atoms with Gasteiger partial charge >= 0.3 is 0 Å². The fourth-order valence-corrected chi connectivity index (χ4v) is 8.13. The maximum Gasteiger partial charge on any atom is 0.262 e. The van der Waals surface area contributed by atoms with Gasteiger partial charge < -0.3 is 4.84 Å². The molecule has 4 aliphatic heterocycles. The number of fused-ring (bicyclic) bond motifs is 7. The lowest BCUT2D eigenvalue weighted by molar-refractivity contribution is -0.128. The summed E-state index contributed by atoms with van der Waals surface area (Å²) in [5.74, 6) is -0.887. The van der Waals surface area contributed by atoms with E-state index >= 15 is 4.79 Å². The number of hydrazone groups is 1. The number of nitrogens with zero attached hydrogens (tertiary/aromatic N) is 5. The Morgan fingerprint density at radius 3 is 2.27 bits per heavy atom. The Balaban J connectivity index is 1.37. The second-order valence-corrected chi connectivity index (χ2v) is 12.8. The number of rotatable bonds is 3. The van der Waals surface area contributed by atoms with Crippen LogP contribution in [-0.2, 0) is 9.63 Å². The van der Waals surface area contributed by atoms with Crippen molar-refractivity contribution in [2.75, 3.05) is 5.01 Å². The molecule has 6 atom stereocenters. The van der Waals surface area contributed by atoms with Crippen LogP contribution in [0.3, 0.4) is 0 Å². The highest BCUT2D eigenvalue weighted by Gasteiger charge is 2.73. The van der Waals surface area contributed by atoms with Gasteiger partial charge in [-0.1, -0.05) is 106 Å². The summed E-state index contributed by atoms with van der Waals surface area (Å²) in [5, 5.41) is 22.2. The number of para-hydroxylation sites is 1. The highest BCUT2D eigenvalue weighted by molar-refractivity contribution is 9.10. The lowest BCUT2D eigenvalue weighted by Gasteiger charge is -2.44. The van der Waals surface area contributed by atoms with E-state index in [1.165, 1.54) is 5.01 Å². The summed E-state index contributed by atoms with van der Waals surface area (Å²) in [6, 6.07) is 35.5. The molecule has 0 bridgehead atoms. The SMILES string of the molecule is CC1=NN(c2ccccc2)C(=O)[C@@]12[C@H](c1ccc(C)cc1)[C@@H](C#N)N1[C@H]3ON=C(c4ccc(Br)cc4)[C@H]3c3ccccc3[C@@H]12. The number of halogens is 1. The van der Waals surface area contributed by atoms with E-state index in [1.54, 1.807) is 0 Å². The highest BCUT2D eigenvalue weighted by Crippen LogP contribution is 2.66. The number of carbonyl (C=O) groups is 1. The van der Waals surface area contributed by atoms with Gasteiger partial charge in [0.05, 0.1) is 35.1 Å². The van der Waals surface area contributed by atoms with E-state index < -0.39 is 29.6 Å². The molecule has 1 saturated heterocycles. The Bertz CT molecular complexity index is 1900. The fraction of sp³-hybridized carbons (Fsp3) is 0.222. The molecule has 0 N–H and O–H groups in total. The van der Waals surface area contributed by atoms with E-state index in [0.29, 0.717) is 11.4 Å². The number of aryl methyl sites for hydroxylation is 1. The van der Waals surface area contributed by atoms with Crippen LogP contribution in [0.1, 0.15) is 52.6 Å². The van der Waals surface area contributed by atoms with Gasteiger partial charge in [-0.05, 0) is 54.8 Å². The van der Waals surface area contributed by atoms with Crippen molar-refractivity contribution < 1.29 is 9.63 Å². The number of carbonyl (C=O) groups excluding carboxylic acids is 1. The molecule has 8 rings (SSSR count). The molecule has 0 unspecified atom stereocenters. The molecule has 4 aromatic carbocycles. The van der Waals surface area contributed by atoms with Gasteiger partial charge in [-0.15, -0.1) is 0 Å². The number of hydrogen-bond donors (Lipinski definition) is 0. The predicted octanol–water partition coefficient (Wildman–Crippen LogP) is 7.06. The van der Waals surface area contributed by atoms with E-state index in [4.69, 9.17) is 9.94 Å². The zero-order valence-electron chi connectivity index (χ0n) is 24.1. The van der Waals surface area contributed by atoms with Crippen molar-refractivity contribution in [2.45, 2.75) is 44.0 Å². The Morgan fingerprint density at radius 2 is 1.57 bits per heavy atom. The van der Waals surface area contributed by atoms with Gasteiger partial charge in [-0.25, -0.2) is 4.90 Å². The van der Waals surface area contributed by atoms with Crippen molar-refractivity contribution in [3.05, 3.63) is 135 Å². The van der Waals surface area contributed by atoms with Gasteiger partial charge in [-0.2, -0.15) is 15.4 Å². The van der Waals surface area contributed by atoms with Crippen LogP contribution < -0.4 is 5.01 Å². The van der Waals surface area contributed by atoms with Gasteiger partial charge in [0, 0.05) is 16.0 Å². The van der Waals surface area contributed by atoms with Crippen molar-refractivity contribution in [3.8, 4) is 6.07 Å². The fourth-order valence-electron chi connectivity index (χ4n) is 7.87. The molecule has 4 aromatic rings. The molecule has 8 heteroatoms. The summed E-state index contributed by atoms with van der Waals surface area (Å²) < 4.78 is 0.978. The van der Waals surface area contributed by atoms with Crippen LogP contribution in [0.5, 0.6) is 0 Å². The average Bonchev–Trinajstić information content (AvgIpc) is 3.70. The second kappa shape index (κ2) is 9.98. The summed E-state index contributed by atoms with van der Waals surface area (Å²) >= 11 is 3.54. The van der Waals surface area contributed by atoms with Crippen molar-refractivity contribution >= 4 is 38.9 Å². The summed E-state index contributed by atoms with van der Waals surface area (Å²) in [7, 11) is 0. The minimum absolute atomic E-state index is 0.139. The van der Waals surface area contributed by atoms with Gasteiger partial charge in [0.1, 0.15) is 11.5 Å². The zero-order chi connectivity index (χ0) is 30.2. The Morgan fingerprint density at radius 1 is 0.886 bits per heavy atom. The molecule has 0 aromatic heterocycles. The minimum Gasteiger partial charge on any atom is -0.375 e. The highest BCUT2D eigenvalue weighted by atomic mass is 79.9. The molecule has 1 amide bonds. The summed E-state index contributed by atoms with van der Waals surface area (Å²) in [6.07, 6.45) is -0.572. The van der Waals surface area contributed by atoms with Crippen molar-refractivity contribution in [3.63, 3.8) is 0 Å². The summed E-state index contributed by atoms with van der Waals surface area (Å²) in [6.45, 7) is 3.98. The van der Waals surface area contributed by atoms with E-state index in [9.17, 15) is 5.26 Å². The Labute approximate surface area is 264 Å². The van der Waals surface area contributed by atoms with Crippen LogP contribution in [-0.4, -0.2) is 34.5 Å². The van der Waals surface area contributed by atoms with Gasteiger partial charge in [0.25, 0.3) is 5.91 Å². The molecule has 1 spiro atoms. The van der Waals surface area contributed by atoms with Gasteiger partial charge in [-0.3, -0.25) is 4.79 Å². The van der Waals surface area contributed by atoms with Crippen LogP contribution >= 0.6 is 15.9 Å². The summed E-state index contributed by atoms with van der Waals surface area (Å²) in [4.78, 5) is 23.6. The van der Waals surface area contributed by atoms with Crippen LogP contribution in [0.25, 0.3) is 0 Å². The number of oxime groups is 1. The van der Waals surface area contributed by atoms with Gasteiger partial charge in [0.2, 0.25) is 0 Å². The number of anilines is 1. The molecular formula is C36H28BrN5O2. The quantitative estimate of drug-likeness (QED) is 0.240. The van der Waals surface area contributed by atoms with Crippen LogP contribution in [0.2, 0.25) is 0 Å². The molecule has 4 heterocycles.